The van der Waals surface area contributed by atoms with E-state index in [1.54, 1.807) is 24.3 Å². The number of nitrogens with one attached hydrogen (secondary N) is 2. The average Bonchev–Trinajstić information content (AvgIpc) is 3.21. The second kappa shape index (κ2) is 8.99. The summed E-state index contributed by atoms with van der Waals surface area (Å²) in [6.07, 6.45) is 1.48. The third-order valence-electron chi connectivity index (χ3n) is 4.77. The number of halogens is 1. The van der Waals surface area contributed by atoms with Gasteiger partial charge in [0.1, 0.15) is 17.0 Å². The van der Waals surface area contributed by atoms with Gasteiger partial charge >= 0.3 is 0 Å². The van der Waals surface area contributed by atoms with E-state index >= 15 is 0 Å². The highest BCUT2D eigenvalue weighted by atomic mass is 35.5. The van der Waals surface area contributed by atoms with Crippen molar-refractivity contribution in [3.8, 4) is 5.75 Å². The SMILES string of the molecule is COc1ccc(C(=O)Nn2cnc3ccccc32)cc1S(=O)(=O)NCc1ccc(Cl)cc1. The van der Waals surface area contributed by atoms with Crippen LogP contribution in [0.2, 0.25) is 5.02 Å². The van der Waals surface area contributed by atoms with Crippen molar-refractivity contribution < 1.29 is 17.9 Å². The maximum absolute atomic E-state index is 13.0. The van der Waals surface area contributed by atoms with Crippen LogP contribution in [0.5, 0.6) is 5.75 Å². The Kier molecular flexibility index (Phi) is 6.13. The fourth-order valence-electron chi connectivity index (χ4n) is 3.11. The fraction of sp³-hybridized carbons (Fsp3) is 0.0909. The van der Waals surface area contributed by atoms with Crippen LogP contribution in [-0.4, -0.2) is 31.1 Å². The van der Waals surface area contributed by atoms with Crippen LogP contribution in [0.1, 0.15) is 15.9 Å². The predicted octanol–water partition coefficient (Wildman–Crippen LogP) is 3.56. The molecule has 3 aromatic carbocycles. The van der Waals surface area contributed by atoms with Gasteiger partial charge in [-0.05, 0) is 48.0 Å². The van der Waals surface area contributed by atoms with Gasteiger partial charge in [0, 0.05) is 17.1 Å². The van der Waals surface area contributed by atoms with Crippen molar-refractivity contribution in [2.45, 2.75) is 11.4 Å². The van der Waals surface area contributed by atoms with Crippen molar-refractivity contribution in [1.82, 2.24) is 14.4 Å². The second-order valence-corrected chi connectivity index (χ2v) is 9.03. The number of imidazole rings is 1. The lowest BCUT2D eigenvalue weighted by Gasteiger charge is -2.13. The number of methoxy groups -OCH3 is 1. The quantitative estimate of drug-likeness (QED) is 0.430. The Balaban J connectivity index is 1.58. The Hall–Kier alpha value is -3.40. The number of hydrogen-bond acceptors (Lipinski definition) is 5. The van der Waals surface area contributed by atoms with Crippen molar-refractivity contribution in [2.24, 2.45) is 0 Å². The molecule has 4 aromatic rings. The first-order chi connectivity index (χ1) is 15.4. The number of carbonyl (C=O) groups excluding carboxylic acids is 1. The molecule has 0 atom stereocenters. The summed E-state index contributed by atoms with van der Waals surface area (Å²) in [4.78, 5) is 16.9. The monoisotopic (exact) mass is 470 g/mol. The third-order valence-corrected chi connectivity index (χ3v) is 6.44. The van der Waals surface area contributed by atoms with E-state index in [0.717, 1.165) is 11.1 Å². The second-order valence-electron chi connectivity index (χ2n) is 6.86. The lowest BCUT2D eigenvalue weighted by molar-refractivity contribution is 0.101. The number of hydrogen-bond donors (Lipinski definition) is 2. The van der Waals surface area contributed by atoms with Crippen LogP contribution in [0.15, 0.2) is 78.0 Å². The van der Waals surface area contributed by atoms with Gasteiger partial charge in [-0.15, -0.1) is 0 Å². The normalized spacial score (nSPS) is 11.4. The van der Waals surface area contributed by atoms with Crippen LogP contribution in [0.25, 0.3) is 11.0 Å². The molecule has 4 rings (SSSR count). The van der Waals surface area contributed by atoms with Crippen LogP contribution < -0.4 is 14.9 Å². The molecule has 8 nitrogen and oxygen atoms in total. The van der Waals surface area contributed by atoms with Crippen LogP contribution in [0.4, 0.5) is 0 Å². The van der Waals surface area contributed by atoms with Crippen molar-refractivity contribution in [3.63, 3.8) is 0 Å². The molecule has 32 heavy (non-hydrogen) atoms. The number of para-hydroxylation sites is 2. The molecule has 2 N–H and O–H groups in total. The number of carbonyl (C=O) groups is 1. The van der Waals surface area contributed by atoms with Gasteiger partial charge in [-0.3, -0.25) is 10.2 Å². The summed E-state index contributed by atoms with van der Waals surface area (Å²) in [7, 11) is -2.61. The molecule has 1 aromatic heterocycles. The van der Waals surface area contributed by atoms with Gasteiger partial charge in [0.05, 0.1) is 18.1 Å². The first-order valence-corrected chi connectivity index (χ1v) is 11.4. The number of rotatable bonds is 7. The maximum Gasteiger partial charge on any atom is 0.270 e. The zero-order valence-electron chi connectivity index (χ0n) is 16.9. The number of nitrogens with zero attached hydrogens (tertiary/aromatic N) is 2. The summed E-state index contributed by atoms with van der Waals surface area (Å²) in [5, 5.41) is 0.558. The number of sulfonamides is 1. The molecule has 10 heteroatoms. The van der Waals surface area contributed by atoms with Gasteiger partial charge in [-0.25, -0.2) is 22.8 Å². The van der Waals surface area contributed by atoms with Gasteiger partial charge in [0.15, 0.2) is 0 Å². The fourth-order valence-corrected chi connectivity index (χ4v) is 4.45. The average molecular weight is 471 g/mol. The standard InChI is InChI=1S/C22H19ClN4O4S/c1-31-20-11-8-16(22(28)26-27-14-24-18-4-2-3-5-19(18)27)12-21(20)32(29,30)25-13-15-6-9-17(23)10-7-15/h2-12,14,25H,13H2,1H3,(H,26,28). The van der Waals surface area contributed by atoms with E-state index < -0.39 is 15.9 Å². The van der Waals surface area contributed by atoms with E-state index in [1.807, 2.05) is 24.3 Å². The number of benzene rings is 3. The summed E-state index contributed by atoms with van der Waals surface area (Å²) in [5.41, 5.74) is 5.02. The van der Waals surface area contributed by atoms with Crippen LogP contribution in [0, 0.1) is 0 Å². The first-order valence-electron chi connectivity index (χ1n) is 9.53. The lowest BCUT2D eigenvalue weighted by Crippen LogP contribution is -2.25. The molecule has 1 heterocycles. The van der Waals surface area contributed by atoms with Gasteiger partial charge in [-0.1, -0.05) is 35.9 Å². The predicted molar refractivity (Wildman–Crippen MR) is 122 cm³/mol. The zero-order valence-corrected chi connectivity index (χ0v) is 18.5. The minimum atomic E-state index is -3.97. The Morgan fingerprint density at radius 2 is 1.84 bits per heavy atom. The minimum Gasteiger partial charge on any atom is -0.495 e. The van der Waals surface area contributed by atoms with Gasteiger partial charge in [-0.2, -0.15) is 0 Å². The van der Waals surface area contributed by atoms with E-state index in [1.165, 1.54) is 36.3 Å². The Labute approximate surface area is 189 Å². The summed E-state index contributed by atoms with van der Waals surface area (Å²) in [5.74, 6) is -0.372. The molecule has 0 bridgehead atoms. The van der Waals surface area contributed by atoms with Gasteiger partial charge < -0.3 is 4.74 Å². The van der Waals surface area contributed by atoms with Crippen LogP contribution in [0.3, 0.4) is 0 Å². The van der Waals surface area contributed by atoms with E-state index in [-0.39, 0.29) is 22.8 Å². The summed E-state index contributed by atoms with van der Waals surface area (Å²) in [6, 6.07) is 18.3. The van der Waals surface area contributed by atoms with Gasteiger partial charge in [0.2, 0.25) is 10.0 Å². The summed E-state index contributed by atoms with van der Waals surface area (Å²) >= 11 is 5.87. The highest BCUT2D eigenvalue weighted by Gasteiger charge is 2.22. The van der Waals surface area contributed by atoms with E-state index in [0.29, 0.717) is 10.5 Å². The smallest absolute Gasteiger partial charge is 0.270 e. The number of ether oxygens (including phenoxy) is 1. The van der Waals surface area contributed by atoms with E-state index in [4.69, 9.17) is 16.3 Å². The number of amides is 1. The number of aromatic nitrogens is 2. The molecule has 1 amide bonds. The molecule has 0 fully saturated rings. The largest absolute Gasteiger partial charge is 0.495 e. The van der Waals surface area contributed by atoms with Crippen molar-refractivity contribution >= 4 is 38.6 Å². The molecule has 0 spiro atoms. The highest BCUT2D eigenvalue weighted by molar-refractivity contribution is 7.89. The molecule has 0 unspecified atom stereocenters. The molecule has 0 aliphatic heterocycles. The molecule has 0 saturated heterocycles. The molecule has 0 aliphatic carbocycles. The topological polar surface area (TPSA) is 102 Å². The molecular weight excluding hydrogens is 452 g/mol. The summed E-state index contributed by atoms with van der Waals surface area (Å²) in [6.45, 7) is 0.0557. The highest BCUT2D eigenvalue weighted by Crippen LogP contribution is 2.25. The van der Waals surface area contributed by atoms with Crippen molar-refractivity contribution in [1.29, 1.82) is 0 Å². The third kappa shape index (κ3) is 4.59. The number of fused-ring (bicyclic) bond motifs is 1. The Bertz CT molecular complexity index is 1380. The molecule has 164 valence electrons. The minimum absolute atomic E-state index is 0.0557. The van der Waals surface area contributed by atoms with Crippen molar-refractivity contribution in [3.05, 3.63) is 89.2 Å². The Morgan fingerprint density at radius 1 is 1.09 bits per heavy atom. The zero-order chi connectivity index (χ0) is 22.7. The van der Waals surface area contributed by atoms with Crippen LogP contribution in [-0.2, 0) is 16.6 Å². The Morgan fingerprint density at radius 3 is 2.59 bits per heavy atom. The molecule has 0 saturated carbocycles. The van der Waals surface area contributed by atoms with E-state index in [9.17, 15) is 13.2 Å². The van der Waals surface area contributed by atoms with Crippen molar-refractivity contribution in [2.75, 3.05) is 12.5 Å². The van der Waals surface area contributed by atoms with E-state index in [2.05, 4.69) is 15.1 Å². The van der Waals surface area contributed by atoms with Gasteiger partial charge in [0.25, 0.3) is 5.91 Å². The summed E-state index contributed by atoms with van der Waals surface area (Å²) < 4.78 is 35.1. The maximum atomic E-state index is 13.0. The van der Waals surface area contributed by atoms with Crippen LogP contribution >= 0.6 is 11.6 Å². The molecule has 0 aliphatic rings. The molecular formula is C22H19ClN4O4S. The first kappa shape index (κ1) is 21.8. The molecule has 0 radical (unpaired) electrons. The lowest BCUT2D eigenvalue weighted by atomic mass is 10.2.